The van der Waals surface area contributed by atoms with E-state index < -0.39 is 23.0 Å². The van der Waals surface area contributed by atoms with Crippen molar-refractivity contribution in [1.29, 1.82) is 0 Å². The van der Waals surface area contributed by atoms with E-state index in [1.165, 1.54) is 6.92 Å². The summed E-state index contributed by atoms with van der Waals surface area (Å²) in [5.41, 5.74) is 0.640. The lowest BCUT2D eigenvalue weighted by Crippen LogP contribution is -2.35. The highest BCUT2D eigenvalue weighted by molar-refractivity contribution is 7.12. The van der Waals surface area contributed by atoms with Crippen LogP contribution in [0, 0.1) is 20.8 Å². The van der Waals surface area contributed by atoms with Crippen molar-refractivity contribution >= 4 is 23.2 Å². The van der Waals surface area contributed by atoms with E-state index in [1.54, 1.807) is 19.9 Å². The van der Waals surface area contributed by atoms with Gasteiger partial charge in [-0.15, -0.1) is 11.3 Å². The topological polar surface area (TPSA) is 96.9 Å². The number of thiazole rings is 1. The molecule has 0 spiro atoms. The van der Waals surface area contributed by atoms with Gasteiger partial charge in [0.25, 0.3) is 11.8 Å². The number of carbonyl (C=O) groups is 2. The number of aromatic nitrogens is 3. The summed E-state index contributed by atoms with van der Waals surface area (Å²) < 4.78 is 38.1. The number of carbonyl (C=O) groups excluding carboxylic acids is 2. The number of alkyl halides is 3. The van der Waals surface area contributed by atoms with Crippen molar-refractivity contribution in [3.63, 3.8) is 0 Å². The Hall–Kier alpha value is -2.56. The van der Waals surface area contributed by atoms with E-state index in [1.807, 2.05) is 0 Å². The lowest BCUT2D eigenvalue weighted by molar-refractivity contribution is -0.137. The Morgan fingerprint density at radius 1 is 1.07 bits per heavy atom. The molecule has 2 amide bonds. The Morgan fingerprint density at radius 2 is 1.70 bits per heavy atom. The number of amides is 2. The van der Waals surface area contributed by atoms with Gasteiger partial charge in [-0.3, -0.25) is 9.59 Å². The second-order valence-electron chi connectivity index (χ2n) is 6.26. The predicted octanol–water partition coefficient (Wildman–Crippen LogP) is 2.18. The summed E-state index contributed by atoms with van der Waals surface area (Å²) in [6, 6.07) is 0.884. The Labute approximate surface area is 156 Å². The van der Waals surface area contributed by atoms with E-state index in [-0.39, 0.29) is 28.3 Å². The van der Waals surface area contributed by atoms with Crippen molar-refractivity contribution in [3.8, 4) is 0 Å². The first kappa shape index (κ1) is 19.2. The maximum Gasteiger partial charge on any atom is 0.443 e. The van der Waals surface area contributed by atoms with Crippen LogP contribution >= 0.6 is 11.3 Å². The number of aryl methyl sites for hydroxylation is 3. The van der Waals surface area contributed by atoms with Crippen molar-refractivity contribution in [2.45, 2.75) is 45.5 Å². The van der Waals surface area contributed by atoms with Crippen LogP contribution in [-0.2, 0) is 6.18 Å². The molecule has 1 aliphatic carbocycles. The molecule has 2 aromatic rings. The molecule has 0 saturated heterocycles. The molecular weight excluding hydrogens is 383 g/mol. The van der Waals surface area contributed by atoms with Crippen LogP contribution in [0.4, 0.5) is 13.2 Å². The van der Waals surface area contributed by atoms with E-state index in [0.717, 1.165) is 0 Å². The fraction of sp³-hybridized carbons (Fsp3) is 0.438. The van der Waals surface area contributed by atoms with Crippen molar-refractivity contribution in [2.75, 3.05) is 0 Å². The van der Waals surface area contributed by atoms with Gasteiger partial charge in [0.15, 0.2) is 5.01 Å². The van der Waals surface area contributed by atoms with Crippen LogP contribution in [0.15, 0.2) is 6.07 Å². The molecule has 144 valence electrons. The monoisotopic (exact) mass is 399 g/mol. The van der Waals surface area contributed by atoms with Gasteiger partial charge >= 0.3 is 6.18 Å². The van der Waals surface area contributed by atoms with Crippen LogP contribution in [0.25, 0.3) is 0 Å². The molecule has 0 aromatic carbocycles. The second-order valence-corrected chi connectivity index (χ2v) is 7.46. The third-order valence-corrected chi connectivity index (χ3v) is 4.89. The molecule has 2 N–H and O–H groups in total. The zero-order valence-corrected chi connectivity index (χ0v) is 15.5. The molecule has 7 nitrogen and oxygen atoms in total. The normalized spacial score (nSPS) is 18.9. The minimum Gasteiger partial charge on any atom is -0.346 e. The third kappa shape index (κ3) is 4.41. The fourth-order valence-corrected chi connectivity index (χ4v) is 3.33. The number of rotatable bonds is 4. The summed E-state index contributed by atoms with van der Waals surface area (Å²) in [7, 11) is 0. The molecule has 0 unspecified atom stereocenters. The van der Waals surface area contributed by atoms with E-state index in [4.69, 9.17) is 0 Å². The van der Waals surface area contributed by atoms with Gasteiger partial charge in [-0.05, 0) is 33.3 Å². The molecule has 1 aliphatic rings. The van der Waals surface area contributed by atoms with Crippen molar-refractivity contribution in [3.05, 3.63) is 38.9 Å². The van der Waals surface area contributed by atoms with Crippen LogP contribution in [0.3, 0.4) is 0 Å². The number of nitrogens with zero attached hydrogens (tertiary/aromatic N) is 3. The van der Waals surface area contributed by atoms with Crippen LogP contribution in [-0.4, -0.2) is 38.8 Å². The van der Waals surface area contributed by atoms with E-state index in [9.17, 15) is 22.8 Å². The van der Waals surface area contributed by atoms with Crippen LogP contribution in [0.1, 0.15) is 48.8 Å². The van der Waals surface area contributed by atoms with Gasteiger partial charge in [-0.1, -0.05) is 0 Å². The number of hydrogen-bond acceptors (Lipinski definition) is 6. The summed E-state index contributed by atoms with van der Waals surface area (Å²) in [5.74, 6) is -0.607. The second kappa shape index (κ2) is 6.87. The van der Waals surface area contributed by atoms with Gasteiger partial charge in [0.2, 0.25) is 0 Å². The maximum absolute atomic E-state index is 12.7. The van der Waals surface area contributed by atoms with Crippen molar-refractivity contribution in [1.82, 2.24) is 25.6 Å². The van der Waals surface area contributed by atoms with Gasteiger partial charge in [0.05, 0.1) is 12.1 Å². The van der Waals surface area contributed by atoms with Gasteiger partial charge in [-0.25, -0.2) is 15.0 Å². The average Bonchev–Trinajstić information content (AvgIpc) is 3.11. The van der Waals surface area contributed by atoms with Gasteiger partial charge in [0, 0.05) is 10.6 Å². The molecule has 0 aliphatic heterocycles. The molecule has 1 saturated carbocycles. The summed E-state index contributed by atoms with van der Waals surface area (Å²) in [5, 5.41) is 4.27. The van der Waals surface area contributed by atoms with E-state index >= 15 is 0 Å². The molecule has 27 heavy (non-hydrogen) atoms. The highest BCUT2D eigenvalue weighted by atomic mass is 32.1. The standard InChI is InChI=1S/C16H16F3N5O2S/c1-6-4-11(21-8(3)20-6)13(25)22-9-5-10(9)23-14(26)12-7(2)27-15(24-12)16(17,18)19/h4,9-10H,5H2,1-3H3,(H,22,25)(H,23,26)/t9-,10-/m0/s1. The van der Waals surface area contributed by atoms with Crippen molar-refractivity contribution in [2.24, 2.45) is 0 Å². The van der Waals surface area contributed by atoms with Crippen LogP contribution in [0.5, 0.6) is 0 Å². The smallest absolute Gasteiger partial charge is 0.346 e. The minimum atomic E-state index is -4.59. The first-order valence-corrected chi connectivity index (χ1v) is 8.85. The largest absolute Gasteiger partial charge is 0.443 e. The molecule has 2 atom stereocenters. The Bertz CT molecular complexity index is 892. The van der Waals surface area contributed by atoms with E-state index in [0.29, 0.717) is 29.3 Å². The molecular formula is C16H16F3N5O2S. The summed E-state index contributed by atoms with van der Waals surface area (Å²) >= 11 is 0.428. The molecule has 3 rings (SSSR count). The number of halogens is 3. The average molecular weight is 399 g/mol. The highest BCUT2D eigenvalue weighted by Crippen LogP contribution is 2.34. The Balaban J connectivity index is 1.59. The molecule has 1 fully saturated rings. The summed E-state index contributed by atoms with van der Waals surface area (Å²) in [6.45, 7) is 4.83. The van der Waals surface area contributed by atoms with Gasteiger partial charge in [0.1, 0.15) is 17.2 Å². The lowest BCUT2D eigenvalue weighted by atomic mass is 10.3. The van der Waals surface area contributed by atoms with Crippen LogP contribution in [0.2, 0.25) is 0 Å². The SMILES string of the molecule is Cc1cc(C(=O)N[C@H]2C[C@@H]2NC(=O)c2nc(C(F)(F)F)sc2C)nc(C)n1. The summed E-state index contributed by atoms with van der Waals surface area (Å²) in [6.07, 6.45) is -4.10. The lowest BCUT2D eigenvalue weighted by Gasteiger charge is -2.07. The Kier molecular flexibility index (Phi) is 4.89. The minimum absolute atomic E-state index is 0.188. The fourth-order valence-electron chi connectivity index (χ4n) is 2.55. The van der Waals surface area contributed by atoms with Gasteiger partial charge < -0.3 is 10.6 Å². The zero-order chi connectivity index (χ0) is 19.9. The summed E-state index contributed by atoms with van der Waals surface area (Å²) in [4.78, 5) is 36.1. The van der Waals surface area contributed by atoms with E-state index in [2.05, 4.69) is 25.6 Å². The first-order valence-electron chi connectivity index (χ1n) is 8.03. The van der Waals surface area contributed by atoms with Crippen molar-refractivity contribution < 1.29 is 22.8 Å². The maximum atomic E-state index is 12.7. The molecule has 2 heterocycles. The molecule has 11 heteroatoms. The first-order chi connectivity index (χ1) is 12.5. The van der Waals surface area contributed by atoms with Gasteiger partial charge in [-0.2, -0.15) is 13.2 Å². The quantitative estimate of drug-likeness (QED) is 0.822. The predicted molar refractivity (Wildman–Crippen MR) is 90.5 cm³/mol. The number of nitrogens with one attached hydrogen (secondary N) is 2. The van der Waals surface area contributed by atoms with Crippen LogP contribution < -0.4 is 10.6 Å². The zero-order valence-electron chi connectivity index (χ0n) is 14.6. The Morgan fingerprint density at radius 3 is 2.26 bits per heavy atom. The number of hydrogen-bond donors (Lipinski definition) is 2. The molecule has 0 radical (unpaired) electrons. The molecule has 2 aromatic heterocycles. The molecule has 0 bridgehead atoms. The highest BCUT2D eigenvalue weighted by Gasteiger charge is 2.41. The third-order valence-electron chi connectivity index (χ3n) is 3.88.